The number of nitriles is 1. The lowest BCUT2D eigenvalue weighted by Gasteiger charge is -2.24. The predicted molar refractivity (Wildman–Crippen MR) is 75.4 cm³/mol. The molecule has 1 aromatic carbocycles. The molecule has 2 N–H and O–H groups in total. The number of hydrogen-bond donors (Lipinski definition) is 1. The first-order valence-corrected chi connectivity index (χ1v) is 6.29. The van der Waals surface area contributed by atoms with Gasteiger partial charge in [0.15, 0.2) is 0 Å². The highest BCUT2D eigenvalue weighted by Crippen LogP contribution is 2.30. The number of anilines is 1. The van der Waals surface area contributed by atoms with E-state index in [0.717, 1.165) is 32.2 Å². The van der Waals surface area contributed by atoms with Gasteiger partial charge in [-0.15, -0.1) is 0 Å². The van der Waals surface area contributed by atoms with Crippen LogP contribution in [-0.2, 0) is 9.59 Å². The molecular formula is C14H12F4N4O2. The zero-order valence-electron chi connectivity index (χ0n) is 12.6. The van der Waals surface area contributed by atoms with Crippen LogP contribution in [-0.4, -0.2) is 30.6 Å². The molecule has 0 aliphatic carbocycles. The van der Waals surface area contributed by atoms with E-state index in [1.54, 1.807) is 6.07 Å². The summed E-state index contributed by atoms with van der Waals surface area (Å²) in [5, 5.41) is 8.84. The molecule has 6 nitrogen and oxygen atoms in total. The third-order valence-corrected chi connectivity index (χ3v) is 2.96. The highest BCUT2D eigenvalue weighted by molar-refractivity contribution is 6.15. The van der Waals surface area contributed by atoms with E-state index in [4.69, 9.17) is 11.1 Å². The summed E-state index contributed by atoms with van der Waals surface area (Å²) in [6, 6.07) is 4.44. The number of alkyl halides is 3. The first kappa shape index (κ1) is 19.1. The zero-order chi connectivity index (χ0) is 18.7. The van der Waals surface area contributed by atoms with E-state index in [-0.39, 0.29) is 21.9 Å². The Bertz CT molecular complexity index is 735. The summed E-state index contributed by atoms with van der Waals surface area (Å²) in [7, 11) is 0.868. The molecule has 0 saturated heterocycles. The van der Waals surface area contributed by atoms with Crippen molar-refractivity contribution in [2.24, 2.45) is 5.84 Å². The molecule has 1 aromatic rings. The van der Waals surface area contributed by atoms with Crippen LogP contribution in [0.25, 0.3) is 0 Å². The molecular weight excluding hydrogens is 332 g/mol. The quantitative estimate of drug-likeness (QED) is 0.296. The van der Waals surface area contributed by atoms with Crippen LogP contribution in [0.2, 0.25) is 0 Å². The third-order valence-electron chi connectivity index (χ3n) is 2.96. The number of imide groups is 1. The van der Waals surface area contributed by atoms with Gasteiger partial charge in [0.05, 0.1) is 17.3 Å². The Balaban J connectivity index is 3.43. The number of rotatable bonds is 4. The molecule has 1 rings (SSSR count). The average Bonchev–Trinajstić information content (AvgIpc) is 2.47. The van der Waals surface area contributed by atoms with Gasteiger partial charge in [-0.1, -0.05) is 0 Å². The Kier molecular flexibility index (Phi) is 5.65. The number of carbonyl (C=O) groups excluding carboxylic acids is 2. The number of halogens is 4. The molecule has 0 aliphatic heterocycles. The molecule has 128 valence electrons. The molecule has 0 saturated carbocycles. The van der Waals surface area contributed by atoms with Gasteiger partial charge in [-0.2, -0.15) is 18.4 Å². The predicted octanol–water partition coefficient (Wildman–Crippen LogP) is 1.83. The van der Waals surface area contributed by atoms with Crippen molar-refractivity contribution in [1.82, 2.24) is 5.01 Å². The summed E-state index contributed by atoms with van der Waals surface area (Å²) in [4.78, 5) is 23.5. The largest absolute Gasteiger partial charge is 0.432 e. The first-order chi connectivity index (χ1) is 11.0. The van der Waals surface area contributed by atoms with E-state index >= 15 is 0 Å². The van der Waals surface area contributed by atoms with Gasteiger partial charge in [-0.25, -0.2) is 15.1 Å². The fourth-order valence-electron chi connectivity index (χ4n) is 1.94. The average molecular weight is 344 g/mol. The molecule has 0 atom stereocenters. The van der Waals surface area contributed by atoms with Gasteiger partial charge < -0.3 is 5.01 Å². The summed E-state index contributed by atoms with van der Waals surface area (Å²) in [6.07, 6.45) is -5.08. The molecule has 0 aliphatic rings. The lowest BCUT2D eigenvalue weighted by molar-refractivity contribution is -0.123. The number of nitrogens with two attached hydrogens (primary N) is 1. The monoisotopic (exact) mass is 344 g/mol. The van der Waals surface area contributed by atoms with Gasteiger partial charge >= 0.3 is 6.18 Å². The van der Waals surface area contributed by atoms with Crippen molar-refractivity contribution < 1.29 is 27.2 Å². The standard InChI is InChI=1S/C14H12F4N4O2/c1-8(12(21(2)20)14(16,17)18)13(24)22(7-23)11-4-3-9(6-19)5-10(11)15/h3-5,7H,20H2,1-2H3/b12-8-. The number of benzene rings is 1. The molecule has 10 heteroatoms. The third kappa shape index (κ3) is 3.88. The van der Waals surface area contributed by atoms with Crippen LogP contribution >= 0.6 is 0 Å². The van der Waals surface area contributed by atoms with E-state index in [0.29, 0.717) is 0 Å². The number of hydrazine groups is 1. The van der Waals surface area contributed by atoms with Gasteiger partial charge in [-0.3, -0.25) is 9.59 Å². The van der Waals surface area contributed by atoms with Gasteiger partial charge in [0.2, 0.25) is 6.41 Å². The van der Waals surface area contributed by atoms with E-state index in [1.165, 1.54) is 0 Å². The Labute approximate surface area is 134 Å². The maximum Gasteiger partial charge on any atom is 0.432 e. The number of nitrogens with zero attached hydrogens (tertiary/aromatic N) is 3. The minimum absolute atomic E-state index is 0.0838. The summed E-state index contributed by atoms with van der Waals surface area (Å²) in [5.41, 5.74) is -3.05. The van der Waals surface area contributed by atoms with Crippen molar-refractivity contribution in [2.45, 2.75) is 13.1 Å². The fourth-order valence-corrected chi connectivity index (χ4v) is 1.94. The van der Waals surface area contributed by atoms with Crippen molar-refractivity contribution in [2.75, 3.05) is 11.9 Å². The molecule has 0 aromatic heterocycles. The molecule has 0 radical (unpaired) electrons. The van der Waals surface area contributed by atoms with E-state index in [1.807, 2.05) is 0 Å². The summed E-state index contributed by atoms with van der Waals surface area (Å²) in [6.45, 7) is 0.812. The molecule has 0 unspecified atom stereocenters. The van der Waals surface area contributed by atoms with E-state index in [2.05, 4.69) is 0 Å². The van der Waals surface area contributed by atoms with Crippen LogP contribution in [0.3, 0.4) is 0 Å². The smallest absolute Gasteiger partial charge is 0.310 e. The highest BCUT2D eigenvalue weighted by Gasteiger charge is 2.40. The second kappa shape index (κ2) is 7.10. The van der Waals surface area contributed by atoms with E-state index < -0.39 is 34.9 Å². The summed E-state index contributed by atoms with van der Waals surface area (Å²) < 4.78 is 52.9. The highest BCUT2D eigenvalue weighted by atomic mass is 19.4. The number of carbonyl (C=O) groups is 2. The van der Waals surface area contributed by atoms with E-state index in [9.17, 15) is 27.2 Å². The zero-order valence-corrected chi connectivity index (χ0v) is 12.6. The number of hydrogen-bond acceptors (Lipinski definition) is 5. The maximum absolute atomic E-state index is 13.9. The van der Waals surface area contributed by atoms with Crippen molar-refractivity contribution in [1.29, 1.82) is 5.26 Å². The summed E-state index contributed by atoms with van der Waals surface area (Å²) in [5.74, 6) is 2.58. The second-order valence-electron chi connectivity index (χ2n) is 4.64. The summed E-state index contributed by atoms with van der Waals surface area (Å²) >= 11 is 0. The Morgan fingerprint density at radius 2 is 1.96 bits per heavy atom. The molecule has 2 amide bonds. The van der Waals surface area contributed by atoms with Crippen LogP contribution in [0.15, 0.2) is 29.5 Å². The number of amides is 2. The molecule has 0 fully saturated rings. The lowest BCUT2D eigenvalue weighted by Crippen LogP contribution is -2.39. The van der Waals surface area contributed by atoms with Crippen LogP contribution in [0.1, 0.15) is 12.5 Å². The Morgan fingerprint density at radius 1 is 1.38 bits per heavy atom. The second-order valence-corrected chi connectivity index (χ2v) is 4.64. The lowest BCUT2D eigenvalue weighted by atomic mass is 10.1. The van der Waals surface area contributed by atoms with Crippen molar-refractivity contribution in [3.8, 4) is 6.07 Å². The molecule has 0 spiro atoms. The van der Waals surface area contributed by atoms with Crippen LogP contribution in [0.4, 0.5) is 23.2 Å². The number of allylic oxidation sites excluding steroid dienone is 1. The van der Waals surface area contributed by atoms with Gasteiger partial charge in [0.25, 0.3) is 5.91 Å². The minimum atomic E-state index is -4.96. The van der Waals surface area contributed by atoms with Crippen molar-refractivity contribution in [3.63, 3.8) is 0 Å². The molecule has 24 heavy (non-hydrogen) atoms. The normalized spacial score (nSPS) is 12.1. The van der Waals surface area contributed by atoms with Gasteiger partial charge in [-0.05, 0) is 25.1 Å². The minimum Gasteiger partial charge on any atom is -0.310 e. The van der Waals surface area contributed by atoms with Crippen LogP contribution in [0, 0.1) is 17.1 Å². The van der Waals surface area contributed by atoms with Gasteiger partial charge in [0.1, 0.15) is 11.5 Å². The Morgan fingerprint density at radius 3 is 2.33 bits per heavy atom. The van der Waals surface area contributed by atoms with Crippen molar-refractivity contribution >= 4 is 18.0 Å². The van der Waals surface area contributed by atoms with Gasteiger partial charge in [0, 0.05) is 12.6 Å². The molecule has 0 bridgehead atoms. The maximum atomic E-state index is 13.9. The van der Waals surface area contributed by atoms with Crippen LogP contribution in [0.5, 0.6) is 0 Å². The fraction of sp³-hybridized carbons (Fsp3) is 0.214. The first-order valence-electron chi connectivity index (χ1n) is 6.29. The SMILES string of the molecule is C/C(C(=O)N(C=O)c1ccc(C#N)cc1F)=C(/N(C)N)C(F)(F)F. The van der Waals surface area contributed by atoms with Crippen molar-refractivity contribution in [3.05, 3.63) is 40.8 Å². The Hall–Kier alpha value is -2.93. The molecule has 0 heterocycles. The van der Waals surface area contributed by atoms with Crippen LogP contribution < -0.4 is 10.7 Å². The topological polar surface area (TPSA) is 90.4 Å².